The van der Waals surface area contributed by atoms with Gasteiger partial charge in [-0.25, -0.2) is 4.79 Å². The van der Waals surface area contributed by atoms with Crippen LogP contribution in [0.1, 0.15) is 35.4 Å². The third-order valence-corrected chi connectivity index (χ3v) is 3.81. The van der Waals surface area contributed by atoms with E-state index >= 15 is 0 Å². The van der Waals surface area contributed by atoms with Crippen LogP contribution in [0.4, 0.5) is 4.79 Å². The molecule has 2 amide bonds. The van der Waals surface area contributed by atoms with Crippen molar-refractivity contribution in [3.63, 3.8) is 0 Å². The Morgan fingerprint density at radius 1 is 1.35 bits per heavy atom. The van der Waals surface area contributed by atoms with E-state index in [1.54, 1.807) is 6.07 Å². The summed E-state index contributed by atoms with van der Waals surface area (Å²) in [4.78, 5) is 23.8. The second kappa shape index (κ2) is 5.82. The van der Waals surface area contributed by atoms with Crippen molar-refractivity contribution in [2.24, 2.45) is 0 Å². The zero-order valence-corrected chi connectivity index (χ0v) is 10.4. The number of carbonyl (C=O) groups is 2. The molecule has 2 rings (SSSR count). The second-order valence-corrected chi connectivity index (χ2v) is 5.16. The normalized spacial score (nSPS) is 15.8. The van der Waals surface area contributed by atoms with Gasteiger partial charge in [0.2, 0.25) is 0 Å². The Kier molecular flexibility index (Phi) is 4.14. The van der Waals surface area contributed by atoms with E-state index in [0.717, 1.165) is 12.8 Å². The number of urea groups is 1. The zero-order chi connectivity index (χ0) is 12.1. The van der Waals surface area contributed by atoms with Crippen LogP contribution in [0.25, 0.3) is 0 Å². The maximum atomic E-state index is 11.6. The minimum Gasteiger partial charge on any atom is -0.335 e. The van der Waals surface area contributed by atoms with Crippen LogP contribution in [-0.4, -0.2) is 24.4 Å². The van der Waals surface area contributed by atoms with Crippen LogP contribution in [0, 0.1) is 0 Å². The van der Waals surface area contributed by atoms with E-state index in [0.29, 0.717) is 4.88 Å². The van der Waals surface area contributed by atoms with Gasteiger partial charge in [0.1, 0.15) is 0 Å². The first-order valence-electron chi connectivity index (χ1n) is 5.87. The molecule has 0 saturated heterocycles. The lowest BCUT2D eigenvalue weighted by Gasteiger charge is -2.12. The SMILES string of the molecule is O=C(NCC(=O)c1cccs1)NC1CCCC1. The van der Waals surface area contributed by atoms with Crippen molar-refractivity contribution < 1.29 is 9.59 Å². The first kappa shape index (κ1) is 12.1. The molecule has 1 saturated carbocycles. The molecule has 1 aliphatic carbocycles. The molecule has 17 heavy (non-hydrogen) atoms. The Bertz CT molecular complexity index is 383. The monoisotopic (exact) mass is 252 g/mol. The molecule has 0 unspecified atom stereocenters. The fourth-order valence-corrected chi connectivity index (χ4v) is 2.66. The van der Waals surface area contributed by atoms with Gasteiger partial charge in [0.05, 0.1) is 11.4 Å². The molecule has 0 aromatic carbocycles. The molecule has 0 aliphatic heterocycles. The van der Waals surface area contributed by atoms with E-state index in [9.17, 15) is 9.59 Å². The minimum absolute atomic E-state index is 0.0402. The predicted octanol–water partition coefficient (Wildman–Crippen LogP) is 2.17. The van der Waals surface area contributed by atoms with E-state index in [1.165, 1.54) is 24.2 Å². The third kappa shape index (κ3) is 3.56. The van der Waals surface area contributed by atoms with Gasteiger partial charge in [-0.2, -0.15) is 0 Å². The molecule has 1 fully saturated rings. The lowest BCUT2D eigenvalue weighted by molar-refractivity contribution is 0.0996. The lowest BCUT2D eigenvalue weighted by atomic mass is 10.2. The topological polar surface area (TPSA) is 58.2 Å². The number of carbonyl (C=O) groups excluding carboxylic acids is 2. The molecular formula is C12H16N2O2S. The minimum atomic E-state index is -0.234. The van der Waals surface area contributed by atoms with Crippen molar-refractivity contribution in [2.45, 2.75) is 31.7 Å². The summed E-state index contributed by atoms with van der Waals surface area (Å²) in [5.41, 5.74) is 0. The summed E-state index contributed by atoms with van der Waals surface area (Å²) in [5, 5.41) is 7.34. The molecule has 1 aliphatic rings. The quantitative estimate of drug-likeness (QED) is 0.807. The molecule has 92 valence electrons. The lowest BCUT2D eigenvalue weighted by Crippen LogP contribution is -2.42. The number of thiophene rings is 1. The van der Waals surface area contributed by atoms with E-state index in [-0.39, 0.29) is 24.4 Å². The van der Waals surface area contributed by atoms with Gasteiger partial charge in [0.25, 0.3) is 0 Å². The molecule has 2 N–H and O–H groups in total. The van der Waals surface area contributed by atoms with E-state index < -0.39 is 0 Å². The number of nitrogens with one attached hydrogen (secondary N) is 2. The Morgan fingerprint density at radius 3 is 2.76 bits per heavy atom. The van der Waals surface area contributed by atoms with Crippen molar-refractivity contribution in [3.05, 3.63) is 22.4 Å². The Balaban J connectivity index is 1.70. The van der Waals surface area contributed by atoms with Crippen LogP contribution in [0.15, 0.2) is 17.5 Å². The molecule has 1 aromatic rings. The van der Waals surface area contributed by atoms with Gasteiger partial charge in [-0.1, -0.05) is 18.9 Å². The summed E-state index contributed by atoms with van der Waals surface area (Å²) in [5.74, 6) is -0.0402. The van der Waals surface area contributed by atoms with Gasteiger partial charge in [-0.05, 0) is 24.3 Å². The predicted molar refractivity (Wildman–Crippen MR) is 67.4 cm³/mol. The first-order valence-corrected chi connectivity index (χ1v) is 6.75. The highest BCUT2D eigenvalue weighted by atomic mass is 32.1. The molecule has 0 bridgehead atoms. The van der Waals surface area contributed by atoms with Crippen LogP contribution in [0.5, 0.6) is 0 Å². The Labute approximate surface area is 104 Å². The summed E-state index contributed by atoms with van der Waals surface area (Å²) in [6, 6.07) is 3.65. The number of Topliss-reactive ketones (excluding diaryl/α,β-unsaturated/α-hetero) is 1. The van der Waals surface area contributed by atoms with Crippen molar-refractivity contribution in [1.82, 2.24) is 10.6 Å². The summed E-state index contributed by atoms with van der Waals surface area (Å²) in [6.07, 6.45) is 4.46. The van der Waals surface area contributed by atoms with Crippen molar-refractivity contribution >= 4 is 23.2 Å². The molecule has 0 atom stereocenters. The van der Waals surface area contributed by atoms with Crippen LogP contribution >= 0.6 is 11.3 Å². The smallest absolute Gasteiger partial charge is 0.315 e. The van der Waals surface area contributed by atoms with E-state index in [2.05, 4.69) is 10.6 Å². The van der Waals surface area contributed by atoms with Crippen LogP contribution in [0.2, 0.25) is 0 Å². The highest BCUT2D eigenvalue weighted by molar-refractivity contribution is 7.12. The Morgan fingerprint density at radius 2 is 2.12 bits per heavy atom. The van der Waals surface area contributed by atoms with Crippen molar-refractivity contribution in [2.75, 3.05) is 6.54 Å². The molecule has 5 heteroatoms. The maximum Gasteiger partial charge on any atom is 0.315 e. The molecule has 0 radical (unpaired) electrons. The number of amides is 2. The molecular weight excluding hydrogens is 236 g/mol. The third-order valence-electron chi connectivity index (χ3n) is 2.90. The standard InChI is InChI=1S/C12H16N2O2S/c15-10(11-6-3-7-17-11)8-13-12(16)14-9-4-1-2-5-9/h3,6-7,9H,1-2,4-5,8H2,(H2,13,14,16). The zero-order valence-electron chi connectivity index (χ0n) is 9.57. The summed E-state index contributed by atoms with van der Waals surface area (Å²) in [6.45, 7) is 0.0685. The largest absolute Gasteiger partial charge is 0.335 e. The number of ketones is 1. The Hall–Kier alpha value is -1.36. The number of hydrogen-bond donors (Lipinski definition) is 2. The molecule has 0 spiro atoms. The molecule has 4 nitrogen and oxygen atoms in total. The van der Waals surface area contributed by atoms with Crippen LogP contribution in [-0.2, 0) is 0 Å². The summed E-state index contributed by atoms with van der Waals surface area (Å²) < 4.78 is 0. The van der Waals surface area contributed by atoms with Crippen molar-refractivity contribution in [1.29, 1.82) is 0 Å². The average Bonchev–Trinajstić information content (AvgIpc) is 2.97. The van der Waals surface area contributed by atoms with Gasteiger partial charge in [0.15, 0.2) is 5.78 Å². The highest BCUT2D eigenvalue weighted by Gasteiger charge is 2.17. The maximum absolute atomic E-state index is 11.6. The highest BCUT2D eigenvalue weighted by Crippen LogP contribution is 2.17. The second-order valence-electron chi connectivity index (χ2n) is 4.21. The molecule has 1 aromatic heterocycles. The van der Waals surface area contributed by atoms with Crippen LogP contribution < -0.4 is 10.6 Å². The fourth-order valence-electron chi connectivity index (χ4n) is 1.99. The van der Waals surface area contributed by atoms with Gasteiger partial charge in [-0.15, -0.1) is 11.3 Å². The summed E-state index contributed by atoms with van der Waals surface area (Å²) in [7, 11) is 0. The van der Waals surface area contributed by atoms with Gasteiger partial charge < -0.3 is 10.6 Å². The van der Waals surface area contributed by atoms with E-state index in [4.69, 9.17) is 0 Å². The summed E-state index contributed by atoms with van der Waals surface area (Å²) >= 11 is 1.39. The number of rotatable bonds is 4. The molecule has 1 heterocycles. The van der Waals surface area contributed by atoms with Crippen LogP contribution in [0.3, 0.4) is 0 Å². The van der Waals surface area contributed by atoms with Crippen molar-refractivity contribution in [3.8, 4) is 0 Å². The average molecular weight is 252 g/mol. The number of hydrogen-bond acceptors (Lipinski definition) is 3. The fraction of sp³-hybridized carbons (Fsp3) is 0.500. The van der Waals surface area contributed by atoms with E-state index in [1.807, 2.05) is 11.4 Å². The first-order chi connectivity index (χ1) is 8.25. The van der Waals surface area contributed by atoms with Gasteiger partial charge >= 0.3 is 6.03 Å². The van der Waals surface area contributed by atoms with Gasteiger partial charge in [-0.3, -0.25) is 4.79 Å². The van der Waals surface area contributed by atoms with Gasteiger partial charge in [0, 0.05) is 6.04 Å².